The van der Waals surface area contributed by atoms with Crippen LogP contribution < -0.4 is 0 Å². The summed E-state index contributed by atoms with van der Waals surface area (Å²) in [6.45, 7) is 0. The third-order valence-electron chi connectivity index (χ3n) is 8.41. The van der Waals surface area contributed by atoms with Gasteiger partial charge in [0.25, 0.3) is 0 Å². The van der Waals surface area contributed by atoms with Crippen LogP contribution in [-0.4, -0.2) is 28.7 Å². The van der Waals surface area contributed by atoms with Gasteiger partial charge in [0.05, 0.1) is 16.6 Å². The van der Waals surface area contributed by atoms with Crippen LogP contribution in [0, 0.1) is 232 Å². The first-order valence-electron chi connectivity index (χ1n) is 20.3. The van der Waals surface area contributed by atoms with E-state index in [4.69, 9.17) is 12.8 Å². The van der Waals surface area contributed by atoms with Crippen LogP contribution in [0.2, 0.25) is 0 Å². The Morgan fingerprint density at radius 3 is 1.17 bits per heavy atom. The Hall–Kier alpha value is -11.9. The van der Waals surface area contributed by atoms with Gasteiger partial charge >= 0.3 is 0 Å². The first kappa shape index (κ1) is 57.4. The number of rotatable bonds is 0. The van der Waals surface area contributed by atoms with E-state index in [1.54, 1.807) is 0 Å². The van der Waals surface area contributed by atoms with Gasteiger partial charge in [0.15, 0.2) is 0 Å². The average Bonchev–Trinajstić information content (AvgIpc) is 4.14. The third kappa shape index (κ3) is 18.2. The SMILES string of the molecule is C.[C-]#CC#CC#CC#CC#CC#CC#CC#CC#CC#CC#CC#CC#CC#CC#CC#CC#CC#CC#C.[Ir].[Ir].[c-]1ccn2c1c1ncccc1c1cnccc12.c1cnc2c(c1)c1cnccc1n1cccc21. The molecule has 0 unspecified atom stereocenters. The van der Waals surface area contributed by atoms with Crippen molar-refractivity contribution < 1.29 is 40.2 Å². The second-order valence-electron chi connectivity index (χ2n) is 12.5. The van der Waals surface area contributed by atoms with E-state index >= 15 is 0 Å². The number of pyridine rings is 6. The molecule has 0 fully saturated rings. The number of nitrogens with zero attached hydrogens (tertiary/aromatic N) is 6. The second kappa shape index (κ2) is 34.4. The first-order valence-corrected chi connectivity index (χ1v) is 20.3. The maximum Gasteiger partial charge on any atom is 0.0949 e. The van der Waals surface area contributed by atoms with E-state index in [-0.39, 0.29) is 47.6 Å². The molecule has 0 aliphatic rings. The molecule has 0 amide bonds. The summed E-state index contributed by atoms with van der Waals surface area (Å²) in [5, 5.41) is 4.53. The Morgan fingerprint density at radius 1 is 0.387 bits per heavy atom. The summed E-state index contributed by atoms with van der Waals surface area (Å²) < 4.78 is 4.26. The van der Waals surface area contributed by atoms with Gasteiger partial charge in [-0.25, -0.2) is 5.92 Å². The van der Waals surface area contributed by atoms with E-state index in [2.05, 4.69) is 266 Å². The molecular formula is C67H22Ir2N6-2. The Balaban J connectivity index is 0.000000325. The Labute approximate surface area is 464 Å². The van der Waals surface area contributed by atoms with Crippen LogP contribution in [-0.2, 0) is 40.2 Å². The molecule has 75 heavy (non-hydrogen) atoms. The van der Waals surface area contributed by atoms with Gasteiger partial charge in [-0.3, -0.25) is 20.9 Å². The van der Waals surface area contributed by atoms with Crippen molar-refractivity contribution in [1.82, 2.24) is 28.7 Å². The number of aromatic nitrogens is 6. The quantitative estimate of drug-likeness (QED) is 0.0957. The van der Waals surface area contributed by atoms with Gasteiger partial charge in [-0.15, -0.1) is 12.3 Å². The fourth-order valence-corrected chi connectivity index (χ4v) is 5.82. The summed E-state index contributed by atoms with van der Waals surface area (Å²) in [6.07, 6.45) is 26.6. The van der Waals surface area contributed by atoms with Crippen molar-refractivity contribution >= 4 is 54.6 Å². The molecular weight excluding hydrogens is 1270 g/mol. The normalized spacial score (nSPS) is 7.17. The van der Waals surface area contributed by atoms with Crippen molar-refractivity contribution in [3.8, 4) is 220 Å². The Bertz CT molecular complexity index is 4340. The van der Waals surface area contributed by atoms with Crippen molar-refractivity contribution in [2.45, 2.75) is 7.43 Å². The van der Waals surface area contributed by atoms with Crippen LogP contribution in [0.4, 0.5) is 0 Å². The van der Waals surface area contributed by atoms with Crippen LogP contribution >= 0.6 is 0 Å². The van der Waals surface area contributed by atoms with Gasteiger partial charge < -0.3 is 20.2 Å². The largest absolute Gasteiger partial charge is 0.391 e. The summed E-state index contributed by atoms with van der Waals surface area (Å²) in [5.41, 5.74) is 6.45. The molecule has 0 atom stereocenters. The van der Waals surface area contributed by atoms with Crippen LogP contribution in [0.3, 0.4) is 0 Å². The summed E-state index contributed by atoms with van der Waals surface area (Å²) in [4.78, 5) is 17.4. The summed E-state index contributed by atoms with van der Waals surface area (Å²) in [7, 11) is 0. The molecule has 8 rings (SSSR count). The zero-order chi connectivity index (χ0) is 49.9. The molecule has 6 nitrogen and oxygen atoms in total. The van der Waals surface area contributed by atoms with Gasteiger partial charge in [0.2, 0.25) is 0 Å². The monoisotopic (exact) mass is 1300 g/mol. The fourth-order valence-electron chi connectivity index (χ4n) is 5.82. The predicted molar refractivity (Wildman–Crippen MR) is 290 cm³/mol. The van der Waals surface area contributed by atoms with Crippen LogP contribution in [0.25, 0.3) is 54.6 Å². The minimum Gasteiger partial charge on any atom is -0.391 e. The van der Waals surface area contributed by atoms with Crippen molar-refractivity contribution in [3.63, 3.8) is 0 Å². The molecule has 0 bridgehead atoms. The second-order valence-corrected chi connectivity index (χ2v) is 12.5. The van der Waals surface area contributed by atoms with Crippen molar-refractivity contribution in [3.05, 3.63) is 117 Å². The van der Waals surface area contributed by atoms with Gasteiger partial charge in [0.1, 0.15) is 0 Å². The van der Waals surface area contributed by atoms with Crippen LogP contribution in [0.5, 0.6) is 0 Å². The van der Waals surface area contributed by atoms with Crippen LogP contribution in [0.15, 0.2) is 104 Å². The Kier molecular flexibility index (Phi) is 26.3. The topological polar surface area (TPSA) is 60.4 Å². The minimum atomic E-state index is 0. The Morgan fingerprint density at radius 2 is 0.760 bits per heavy atom. The first-order chi connectivity index (χ1) is 35.8. The molecule has 8 heteroatoms. The molecule has 0 N–H and O–H groups in total. The fraction of sp³-hybridized carbons (Fsp3) is 0.0149. The average molecular weight is 1300 g/mol. The molecule has 8 aromatic heterocycles. The minimum absolute atomic E-state index is 0. The molecule has 0 saturated heterocycles. The van der Waals surface area contributed by atoms with Crippen LogP contribution in [0.1, 0.15) is 7.43 Å². The third-order valence-corrected chi connectivity index (χ3v) is 8.41. The van der Waals surface area contributed by atoms with Crippen molar-refractivity contribution in [2.24, 2.45) is 0 Å². The maximum atomic E-state index is 6.55. The number of fused-ring (bicyclic) bond motifs is 12. The smallest absolute Gasteiger partial charge is 0.0949 e. The molecule has 0 aromatic carbocycles. The molecule has 8 heterocycles. The molecule has 340 valence electrons. The predicted octanol–water partition coefficient (Wildman–Crippen LogP) is 6.77. The summed E-state index contributed by atoms with van der Waals surface area (Å²) in [5.74, 6) is 87.5. The standard InChI is InChI=1S/C38H.C14H9N3.C14H8N3.CH4.2Ir/c1-3-5-7-9-11-13-15-17-19-21-23-25-27-29-31-33-35-37-38-36-34-32-30-28-26-24-22-20-18-16-14-12-10-8-6-4-2;2*1-3-10-11-9-15-7-5-12(11)17-8-2-4-13(17)14(10)16-6-1;;;/h1H;1-9H;1-3,5-9H;1H4;;/q-1;;-1;;;. The van der Waals surface area contributed by atoms with E-state index in [1.165, 1.54) is 5.52 Å². The molecule has 8 aromatic rings. The van der Waals surface area contributed by atoms with Gasteiger partial charge in [-0.05, 0) is 142 Å². The maximum absolute atomic E-state index is 6.55. The van der Waals surface area contributed by atoms with E-state index in [1.807, 2.05) is 85.7 Å². The van der Waals surface area contributed by atoms with E-state index in [0.29, 0.717) is 0 Å². The molecule has 0 aliphatic heterocycles. The number of hydrogen-bond acceptors (Lipinski definition) is 4. The summed E-state index contributed by atoms with van der Waals surface area (Å²) in [6, 6.07) is 21.4. The van der Waals surface area contributed by atoms with Gasteiger partial charge in [-0.2, -0.15) is 12.1 Å². The zero-order valence-corrected chi connectivity index (χ0v) is 42.5. The zero-order valence-electron chi connectivity index (χ0n) is 37.7. The van der Waals surface area contributed by atoms with Gasteiger partial charge in [-0.1, -0.05) is 31.3 Å². The molecule has 0 aliphatic carbocycles. The van der Waals surface area contributed by atoms with E-state index in [9.17, 15) is 0 Å². The van der Waals surface area contributed by atoms with E-state index in [0.717, 1.165) is 49.1 Å². The molecule has 0 spiro atoms. The molecule has 2 radical (unpaired) electrons. The number of hydrogen-bond donors (Lipinski definition) is 0. The summed E-state index contributed by atoms with van der Waals surface area (Å²) >= 11 is 0. The van der Waals surface area contributed by atoms with E-state index < -0.39 is 0 Å². The van der Waals surface area contributed by atoms with Crippen molar-refractivity contribution in [1.29, 1.82) is 0 Å². The molecule has 0 saturated carbocycles. The van der Waals surface area contributed by atoms with Gasteiger partial charge in [0, 0.05) is 206 Å². The van der Waals surface area contributed by atoms with Crippen molar-refractivity contribution in [2.75, 3.05) is 0 Å². The number of terminal acetylenes is 1.